The minimum atomic E-state index is -0.590. The van der Waals surface area contributed by atoms with Crippen LogP contribution in [-0.2, 0) is 19.1 Å². The van der Waals surface area contributed by atoms with Crippen LogP contribution in [0.1, 0.15) is 46.5 Å². The first-order valence-electron chi connectivity index (χ1n) is 8.86. The fourth-order valence-corrected chi connectivity index (χ4v) is 6.45. The third-order valence-corrected chi connectivity index (χ3v) is 7.93. The second-order valence-electron chi connectivity index (χ2n) is 8.92. The molecule has 3 saturated heterocycles. The van der Waals surface area contributed by atoms with E-state index in [1.807, 2.05) is 0 Å². The van der Waals surface area contributed by atoms with Crippen molar-refractivity contribution in [2.24, 2.45) is 23.2 Å². The summed E-state index contributed by atoms with van der Waals surface area (Å²) in [6.45, 7) is 6.86. The van der Waals surface area contributed by atoms with Crippen LogP contribution in [0, 0.1) is 23.2 Å². The van der Waals surface area contributed by atoms with Crippen molar-refractivity contribution in [3.8, 4) is 0 Å². The minimum absolute atomic E-state index is 0.0346. The number of hydrogen-bond donors (Lipinski definition) is 0. The van der Waals surface area contributed by atoms with Gasteiger partial charge < -0.3 is 9.47 Å². The molecular formula is C18H25NO4. The molecule has 0 N–H and O–H groups in total. The number of methoxy groups -OCH3 is 1. The Balaban J connectivity index is 1.59. The Kier molecular flexibility index (Phi) is 2.30. The number of carbonyl (C=O) groups is 2. The van der Waals surface area contributed by atoms with Crippen LogP contribution in [-0.4, -0.2) is 47.2 Å². The van der Waals surface area contributed by atoms with Crippen LogP contribution in [0.5, 0.6) is 0 Å². The first-order valence-corrected chi connectivity index (χ1v) is 8.86. The molecule has 6 unspecified atom stereocenters. The van der Waals surface area contributed by atoms with Gasteiger partial charge in [0.25, 0.3) is 0 Å². The summed E-state index contributed by atoms with van der Waals surface area (Å²) >= 11 is 0. The second kappa shape index (κ2) is 3.67. The van der Waals surface area contributed by atoms with Gasteiger partial charge in [0, 0.05) is 13.0 Å². The Bertz CT molecular complexity index is 643. The van der Waals surface area contributed by atoms with Crippen LogP contribution in [0.15, 0.2) is 0 Å². The zero-order valence-corrected chi connectivity index (χ0v) is 14.3. The maximum Gasteiger partial charge on any atom is 0.240 e. The summed E-state index contributed by atoms with van der Waals surface area (Å²) < 4.78 is 11.8. The maximum absolute atomic E-state index is 13.5. The van der Waals surface area contributed by atoms with Crippen molar-refractivity contribution in [3.05, 3.63) is 0 Å². The highest BCUT2D eigenvalue weighted by Gasteiger charge is 2.95. The van der Waals surface area contributed by atoms with E-state index in [1.54, 1.807) is 12.0 Å². The lowest BCUT2D eigenvalue weighted by atomic mass is 9.78. The van der Waals surface area contributed by atoms with Crippen molar-refractivity contribution in [2.75, 3.05) is 13.7 Å². The average Bonchev–Trinajstić information content (AvgIpc) is 3.35. The molecule has 1 spiro atoms. The molecule has 0 aromatic rings. The van der Waals surface area contributed by atoms with Gasteiger partial charge in [-0.3, -0.25) is 14.5 Å². The SMILES string of the molecule is COCC1(N2C(=O)C3C4C5(C)OC(C)(CCC5C)C34C2=O)CC1. The van der Waals surface area contributed by atoms with Gasteiger partial charge in [-0.15, -0.1) is 0 Å². The Hall–Kier alpha value is -0.940. The molecule has 0 aromatic carbocycles. The van der Waals surface area contributed by atoms with Gasteiger partial charge in [0.2, 0.25) is 11.8 Å². The molecule has 2 bridgehead atoms. The summed E-state index contributed by atoms with van der Waals surface area (Å²) in [6, 6.07) is 0. The zero-order chi connectivity index (χ0) is 16.4. The molecule has 5 heteroatoms. The topological polar surface area (TPSA) is 55.8 Å². The molecule has 2 amide bonds. The number of hydrogen-bond acceptors (Lipinski definition) is 4. The predicted molar refractivity (Wildman–Crippen MR) is 81.4 cm³/mol. The normalized spacial score (nSPS) is 55.0. The van der Waals surface area contributed by atoms with Gasteiger partial charge in [-0.2, -0.15) is 0 Å². The maximum atomic E-state index is 13.5. The van der Waals surface area contributed by atoms with Crippen molar-refractivity contribution in [2.45, 2.75) is 63.2 Å². The molecule has 5 aliphatic rings. The highest BCUT2D eigenvalue weighted by atomic mass is 16.5. The van der Waals surface area contributed by atoms with Gasteiger partial charge >= 0.3 is 0 Å². The van der Waals surface area contributed by atoms with Crippen molar-refractivity contribution < 1.29 is 19.1 Å². The van der Waals surface area contributed by atoms with Crippen LogP contribution in [0.25, 0.3) is 0 Å². The van der Waals surface area contributed by atoms with E-state index in [9.17, 15) is 9.59 Å². The first kappa shape index (κ1) is 14.4. The Morgan fingerprint density at radius 2 is 1.96 bits per heavy atom. The summed E-state index contributed by atoms with van der Waals surface area (Å²) in [5.74, 6) is 0.396. The molecule has 2 saturated carbocycles. The van der Waals surface area contributed by atoms with Crippen molar-refractivity contribution in [3.63, 3.8) is 0 Å². The first-order chi connectivity index (χ1) is 10.8. The number of likely N-dealkylation sites (tertiary alicyclic amines) is 1. The molecule has 23 heavy (non-hydrogen) atoms. The number of ether oxygens (including phenoxy) is 2. The van der Waals surface area contributed by atoms with E-state index in [-0.39, 0.29) is 34.8 Å². The third-order valence-electron chi connectivity index (χ3n) is 7.93. The fourth-order valence-electron chi connectivity index (χ4n) is 6.45. The van der Waals surface area contributed by atoms with Crippen LogP contribution in [0.3, 0.4) is 0 Å². The van der Waals surface area contributed by atoms with Crippen molar-refractivity contribution in [1.82, 2.24) is 4.90 Å². The van der Waals surface area contributed by atoms with Crippen LogP contribution < -0.4 is 0 Å². The molecule has 5 rings (SSSR count). The average molecular weight is 319 g/mol. The number of nitrogens with zero attached hydrogens (tertiary/aromatic N) is 1. The fraction of sp³-hybridized carbons (Fsp3) is 0.889. The molecular weight excluding hydrogens is 294 g/mol. The van der Waals surface area contributed by atoms with E-state index >= 15 is 0 Å². The summed E-state index contributed by atoms with van der Waals surface area (Å²) in [6.07, 6.45) is 3.69. The second-order valence-corrected chi connectivity index (χ2v) is 8.92. The van der Waals surface area contributed by atoms with E-state index in [1.165, 1.54) is 0 Å². The van der Waals surface area contributed by atoms with E-state index in [4.69, 9.17) is 9.47 Å². The number of carbonyl (C=O) groups excluding carboxylic acids is 2. The van der Waals surface area contributed by atoms with Crippen LogP contribution >= 0.6 is 0 Å². The minimum Gasteiger partial charge on any atom is -0.382 e. The summed E-state index contributed by atoms with van der Waals surface area (Å²) in [4.78, 5) is 28.2. The molecule has 6 atom stereocenters. The van der Waals surface area contributed by atoms with E-state index in [2.05, 4.69) is 20.8 Å². The van der Waals surface area contributed by atoms with E-state index < -0.39 is 11.0 Å². The molecule has 2 aliphatic carbocycles. The Morgan fingerprint density at radius 3 is 2.57 bits per heavy atom. The Morgan fingerprint density at radius 1 is 1.26 bits per heavy atom. The van der Waals surface area contributed by atoms with Gasteiger partial charge in [-0.1, -0.05) is 6.92 Å². The van der Waals surface area contributed by atoms with Crippen molar-refractivity contribution >= 4 is 11.8 Å². The lowest BCUT2D eigenvalue weighted by Crippen LogP contribution is -2.51. The summed E-state index contributed by atoms with van der Waals surface area (Å²) in [7, 11) is 1.64. The number of rotatable bonds is 3. The summed E-state index contributed by atoms with van der Waals surface area (Å²) in [5, 5.41) is 0. The van der Waals surface area contributed by atoms with E-state index in [0.717, 1.165) is 25.7 Å². The number of amides is 2. The number of imide groups is 1. The lowest BCUT2D eigenvalue weighted by Gasteiger charge is -2.45. The van der Waals surface area contributed by atoms with Gasteiger partial charge in [-0.05, 0) is 45.4 Å². The molecule has 0 aromatic heterocycles. The smallest absolute Gasteiger partial charge is 0.240 e. The zero-order valence-electron chi connectivity index (χ0n) is 14.3. The predicted octanol–water partition coefficient (Wildman–Crippen LogP) is 1.74. The van der Waals surface area contributed by atoms with E-state index in [0.29, 0.717) is 12.5 Å². The number of piperidine rings is 1. The van der Waals surface area contributed by atoms with Gasteiger partial charge in [-0.25, -0.2) is 0 Å². The standard InChI is InChI=1S/C18H25NO4/c1-10-5-6-15(2)18-11(12(18)16(10,3)23-15)13(20)19(14(18)21)17(7-8-17)9-22-4/h10-12H,5-9H2,1-4H3. The molecule has 3 heterocycles. The largest absolute Gasteiger partial charge is 0.382 e. The number of fused-ring (bicyclic) bond motifs is 4. The highest BCUT2D eigenvalue weighted by Crippen LogP contribution is 2.83. The quantitative estimate of drug-likeness (QED) is 0.744. The highest BCUT2D eigenvalue weighted by molar-refractivity contribution is 6.14. The molecule has 5 nitrogen and oxygen atoms in total. The van der Waals surface area contributed by atoms with Gasteiger partial charge in [0.1, 0.15) is 0 Å². The molecule has 0 radical (unpaired) electrons. The molecule has 5 fully saturated rings. The monoisotopic (exact) mass is 319 g/mol. The van der Waals surface area contributed by atoms with Crippen LogP contribution in [0.2, 0.25) is 0 Å². The lowest BCUT2D eigenvalue weighted by molar-refractivity contribution is -0.190. The Labute approximate surface area is 136 Å². The molecule has 3 aliphatic heterocycles. The third kappa shape index (κ3) is 1.22. The van der Waals surface area contributed by atoms with Gasteiger partial charge in [0.15, 0.2) is 0 Å². The van der Waals surface area contributed by atoms with Crippen LogP contribution in [0.4, 0.5) is 0 Å². The summed E-state index contributed by atoms with van der Waals surface area (Å²) in [5.41, 5.74) is -1.76. The molecule has 126 valence electrons. The van der Waals surface area contributed by atoms with Crippen molar-refractivity contribution in [1.29, 1.82) is 0 Å². The van der Waals surface area contributed by atoms with Gasteiger partial charge in [0.05, 0.1) is 34.7 Å².